The molecule has 4 nitrogen and oxygen atoms in total. The maximum absolute atomic E-state index is 12.3. The lowest BCUT2D eigenvalue weighted by atomic mass is 9.89. The Morgan fingerprint density at radius 3 is 2.62 bits per heavy atom. The number of aliphatic hydroxyl groups is 1. The Labute approximate surface area is 123 Å². The highest BCUT2D eigenvalue weighted by Gasteiger charge is 2.53. The minimum Gasteiger partial charge on any atom is -0.386 e. The summed E-state index contributed by atoms with van der Waals surface area (Å²) in [6.45, 7) is 0.905. The highest BCUT2D eigenvalue weighted by molar-refractivity contribution is 6.01. The first kappa shape index (κ1) is 12.7. The van der Waals surface area contributed by atoms with Crippen LogP contribution in [-0.2, 0) is 0 Å². The molecular formula is C17H18N2O2. The normalized spacial score (nSPS) is 20.1. The van der Waals surface area contributed by atoms with E-state index in [-0.39, 0.29) is 6.03 Å². The first-order valence-electron chi connectivity index (χ1n) is 7.42. The Hall–Kier alpha value is -2.07. The number of hydrogen-bond acceptors (Lipinski definition) is 2. The van der Waals surface area contributed by atoms with E-state index in [1.165, 1.54) is 0 Å². The van der Waals surface area contributed by atoms with Crippen molar-refractivity contribution in [3.63, 3.8) is 0 Å². The van der Waals surface area contributed by atoms with Gasteiger partial charge in [0.1, 0.15) is 5.60 Å². The number of amides is 2. The van der Waals surface area contributed by atoms with E-state index in [4.69, 9.17) is 0 Å². The average molecular weight is 282 g/mol. The van der Waals surface area contributed by atoms with Gasteiger partial charge in [-0.2, -0.15) is 0 Å². The molecule has 1 aliphatic carbocycles. The number of rotatable bonds is 2. The summed E-state index contributed by atoms with van der Waals surface area (Å²) < 4.78 is 0. The highest BCUT2D eigenvalue weighted by Crippen LogP contribution is 2.44. The summed E-state index contributed by atoms with van der Waals surface area (Å²) in [7, 11) is 0. The van der Waals surface area contributed by atoms with Crippen molar-refractivity contribution in [3.8, 4) is 0 Å². The summed E-state index contributed by atoms with van der Waals surface area (Å²) in [6.07, 6.45) is 2.19. The van der Waals surface area contributed by atoms with Crippen LogP contribution in [0.2, 0.25) is 0 Å². The van der Waals surface area contributed by atoms with Crippen molar-refractivity contribution in [2.24, 2.45) is 5.92 Å². The summed E-state index contributed by atoms with van der Waals surface area (Å²) in [5.41, 5.74) is 0.191. The van der Waals surface area contributed by atoms with Gasteiger partial charge >= 0.3 is 6.03 Å². The third-order valence-electron chi connectivity index (χ3n) is 4.59. The highest BCUT2D eigenvalue weighted by atomic mass is 16.3. The lowest BCUT2D eigenvalue weighted by Gasteiger charge is -2.46. The second kappa shape index (κ2) is 4.46. The number of β-amino-alcohol motifs (C(OH)–C–C–N with tert-alkyl or cyclic N) is 1. The van der Waals surface area contributed by atoms with Crippen molar-refractivity contribution in [3.05, 3.63) is 42.5 Å². The molecule has 4 heteroatoms. The van der Waals surface area contributed by atoms with E-state index in [1.807, 2.05) is 42.5 Å². The second-order valence-electron chi connectivity index (χ2n) is 6.19. The van der Waals surface area contributed by atoms with E-state index in [1.54, 1.807) is 4.90 Å². The summed E-state index contributed by atoms with van der Waals surface area (Å²) in [4.78, 5) is 14.0. The molecule has 2 N–H and O–H groups in total. The topological polar surface area (TPSA) is 52.6 Å². The predicted octanol–water partition coefficient (Wildman–Crippen LogP) is 2.83. The van der Waals surface area contributed by atoms with Crippen LogP contribution in [0.15, 0.2) is 42.5 Å². The van der Waals surface area contributed by atoms with E-state index in [9.17, 15) is 9.90 Å². The number of carbonyl (C=O) groups excluding carboxylic acids is 1. The molecule has 2 aromatic carbocycles. The number of nitrogens with one attached hydrogen (secondary N) is 1. The Morgan fingerprint density at radius 2 is 1.86 bits per heavy atom. The fraction of sp³-hybridized carbons (Fsp3) is 0.353. The van der Waals surface area contributed by atoms with Crippen LogP contribution in [0.25, 0.3) is 10.8 Å². The zero-order valence-electron chi connectivity index (χ0n) is 11.7. The van der Waals surface area contributed by atoms with E-state index >= 15 is 0 Å². The molecule has 0 unspecified atom stereocenters. The molecule has 0 spiro atoms. The first-order valence-corrected chi connectivity index (χ1v) is 7.42. The number of urea groups is 1. The number of hydrogen-bond donors (Lipinski definition) is 2. The van der Waals surface area contributed by atoms with Crippen LogP contribution in [0.5, 0.6) is 0 Å². The van der Waals surface area contributed by atoms with Gasteiger partial charge in [0.05, 0.1) is 18.8 Å². The molecule has 0 atom stereocenters. The molecule has 0 aromatic heterocycles. The quantitative estimate of drug-likeness (QED) is 0.890. The van der Waals surface area contributed by atoms with E-state index < -0.39 is 5.60 Å². The number of anilines is 1. The molecule has 4 rings (SSSR count). The summed E-state index contributed by atoms with van der Waals surface area (Å²) in [6, 6.07) is 13.7. The largest absolute Gasteiger partial charge is 0.386 e. The molecule has 1 saturated carbocycles. The number of nitrogens with zero attached hydrogens (tertiary/aromatic N) is 1. The number of likely N-dealkylation sites (tertiary alicyclic amines) is 1. The molecule has 0 radical (unpaired) electrons. The Balaban J connectivity index is 1.49. The Morgan fingerprint density at radius 1 is 1.14 bits per heavy atom. The lowest BCUT2D eigenvalue weighted by molar-refractivity contribution is -0.0897. The molecule has 1 aliphatic heterocycles. The maximum Gasteiger partial charge on any atom is 0.322 e. The van der Waals surface area contributed by atoms with Crippen LogP contribution in [0.3, 0.4) is 0 Å². The average Bonchev–Trinajstić information content (AvgIpc) is 3.29. The minimum absolute atomic E-state index is 0.128. The van der Waals surface area contributed by atoms with Gasteiger partial charge in [-0.05, 0) is 30.2 Å². The van der Waals surface area contributed by atoms with Crippen molar-refractivity contribution >= 4 is 22.5 Å². The molecule has 2 fully saturated rings. The van der Waals surface area contributed by atoms with Gasteiger partial charge in [0.2, 0.25) is 0 Å². The van der Waals surface area contributed by atoms with Gasteiger partial charge in [-0.1, -0.05) is 36.4 Å². The smallest absolute Gasteiger partial charge is 0.322 e. The Bertz CT molecular complexity index is 698. The van der Waals surface area contributed by atoms with Crippen molar-refractivity contribution in [2.45, 2.75) is 18.4 Å². The van der Waals surface area contributed by atoms with Crippen LogP contribution in [0.1, 0.15) is 12.8 Å². The summed E-state index contributed by atoms with van der Waals surface area (Å²) in [5.74, 6) is 0.402. The first-order chi connectivity index (χ1) is 10.2. The van der Waals surface area contributed by atoms with E-state index in [0.717, 1.165) is 29.3 Å². The number of carbonyl (C=O) groups is 1. The third-order valence-corrected chi connectivity index (χ3v) is 4.59. The second-order valence-corrected chi connectivity index (χ2v) is 6.19. The van der Waals surface area contributed by atoms with Crippen molar-refractivity contribution in [1.82, 2.24) is 4.90 Å². The fourth-order valence-corrected chi connectivity index (χ4v) is 3.17. The van der Waals surface area contributed by atoms with E-state index in [2.05, 4.69) is 5.32 Å². The van der Waals surface area contributed by atoms with Crippen LogP contribution in [0.4, 0.5) is 10.5 Å². The van der Waals surface area contributed by atoms with Gasteiger partial charge in [0.25, 0.3) is 0 Å². The van der Waals surface area contributed by atoms with Gasteiger partial charge in [-0.15, -0.1) is 0 Å². The van der Waals surface area contributed by atoms with Crippen LogP contribution in [-0.4, -0.2) is 34.7 Å². The monoisotopic (exact) mass is 282 g/mol. The van der Waals surface area contributed by atoms with Gasteiger partial charge in [0.15, 0.2) is 0 Å². The number of fused-ring (bicyclic) bond motifs is 1. The molecule has 2 aromatic rings. The van der Waals surface area contributed by atoms with Gasteiger partial charge in [-0.25, -0.2) is 4.79 Å². The summed E-state index contributed by atoms with van der Waals surface area (Å²) in [5, 5.41) is 15.4. The Kier molecular flexibility index (Phi) is 2.69. The van der Waals surface area contributed by atoms with Gasteiger partial charge < -0.3 is 15.3 Å². The van der Waals surface area contributed by atoms with E-state index in [0.29, 0.717) is 19.0 Å². The van der Waals surface area contributed by atoms with Crippen LogP contribution < -0.4 is 5.32 Å². The van der Waals surface area contributed by atoms with Crippen molar-refractivity contribution in [2.75, 3.05) is 18.4 Å². The third kappa shape index (κ3) is 2.16. The lowest BCUT2D eigenvalue weighted by Crippen LogP contribution is -2.65. The van der Waals surface area contributed by atoms with Gasteiger partial charge in [0, 0.05) is 5.39 Å². The van der Waals surface area contributed by atoms with Crippen LogP contribution >= 0.6 is 0 Å². The summed E-state index contributed by atoms with van der Waals surface area (Å²) >= 11 is 0. The maximum atomic E-state index is 12.3. The van der Waals surface area contributed by atoms with Crippen molar-refractivity contribution < 1.29 is 9.90 Å². The SMILES string of the molecule is O=C(Nc1cccc2ccccc12)N1CC(O)(C2CC2)C1. The molecule has 0 bridgehead atoms. The van der Waals surface area contributed by atoms with Crippen molar-refractivity contribution in [1.29, 1.82) is 0 Å². The molecule has 2 amide bonds. The zero-order valence-corrected chi connectivity index (χ0v) is 11.7. The molecular weight excluding hydrogens is 264 g/mol. The molecule has 2 aliphatic rings. The van der Waals surface area contributed by atoms with Crippen LogP contribution in [0, 0.1) is 5.92 Å². The predicted molar refractivity (Wildman–Crippen MR) is 82.2 cm³/mol. The standard InChI is InChI=1S/C17H18N2O2/c20-16(19-10-17(21,11-19)13-8-9-13)18-15-7-3-5-12-4-1-2-6-14(12)15/h1-7,13,21H,8-11H2,(H,18,20). The van der Waals surface area contributed by atoms with Gasteiger partial charge in [-0.3, -0.25) is 0 Å². The zero-order chi connectivity index (χ0) is 14.4. The molecule has 1 heterocycles. The molecule has 1 saturated heterocycles. The fourth-order valence-electron chi connectivity index (χ4n) is 3.17. The number of benzene rings is 2. The molecule has 21 heavy (non-hydrogen) atoms. The molecule has 108 valence electrons. The minimum atomic E-state index is -0.629.